The molecule has 1 aliphatic carbocycles. The minimum atomic E-state index is -0.168. The second kappa shape index (κ2) is 12.1. The van der Waals surface area contributed by atoms with Crippen LogP contribution in [0.1, 0.15) is 27.5 Å². The Hall–Kier alpha value is -3.26. The van der Waals surface area contributed by atoms with E-state index in [-0.39, 0.29) is 16.9 Å². The Morgan fingerprint density at radius 3 is 2.37 bits per heavy atom. The van der Waals surface area contributed by atoms with E-state index >= 15 is 0 Å². The summed E-state index contributed by atoms with van der Waals surface area (Å²) in [6, 6.07) is 27.9. The number of nitrogens with zero attached hydrogens (tertiary/aromatic N) is 1. The number of thioether (sulfide) groups is 1. The second-order valence-electron chi connectivity index (χ2n) is 8.57. The van der Waals surface area contributed by atoms with Crippen LogP contribution in [0.3, 0.4) is 0 Å². The van der Waals surface area contributed by atoms with Crippen LogP contribution >= 0.6 is 39.3 Å². The maximum absolute atomic E-state index is 12.6. The molecule has 0 saturated carbocycles. The van der Waals surface area contributed by atoms with Crippen molar-refractivity contribution in [3.05, 3.63) is 117 Å². The van der Waals surface area contributed by atoms with Crippen molar-refractivity contribution in [2.45, 2.75) is 11.9 Å². The highest BCUT2D eigenvalue weighted by Crippen LogP contribution is 2.49. The number of rotatable bonds is 9. The van der Waals surface area contributed by atoms with Crippen molar-refractivity contribution in [1.82, 2.24) is 5.43 Å². The number of hydrogen-bond donors (Lipinski definition) is 1. The molecule has 5 rings (SSSR count). The number of benzene rings is 4. The van der Waals surface area contributed by atoms with Gasteiger partial charge in [0.25, 0.3) is 0 Å². The van der Waals surface area contributed by atoms with Gasteiger partial charge >= 0.3 is 0 Å². The Balaban J connectivity index is 1.20. The number of fused-ring (bicyclic) bond motifs is 3. The van der Waals surface area contributed by atoms with E-state index in [1.807, 2.05) is 42.5 Å². The third kappa shape index (κ3) is 5.75. The third-order valence-corrected chi connectivity index (χ3v) is 8.37. The fourth-order valence-electron chi connectivity index (χ4n) is 4.38. The average molecular weight is 608 g/mol. The summed E-state index contributed by atoms with van der Waals surface area (Å²) in [6.45, 7) is 0.297. The van der Waals surface area contributed by atoms with Gasteiger partial charge in [0.05, 0.1) is 28.8 Å². The van der Waals surface area contributed by atoms with Crippen LogP contribution in [-0.4, -0.2) is 25.0 Å². The summed E-state index contributed by atoms with van der Waals surface area (Å²) in [7, 11) is 1.57. The predicted molar refractivity (Wildman–Crippen MR) is 158 cm³/mol. The number of methoxy groups -OCH3 is 1. The summed E-state index contributed by atoms with van der Waals surface area (Å²) in [5.41, 5.74) is 9.20. The Labute approximate surface area is 239 Å². The number of nitrogens with one attached hydrogen (secondary N) is 1. The fourth-order valence-corrected chi connectivity index (χ4v) is 6.30. The number of ether oxygens (including phenoxy) is 2. The number of halogens is 2. The van der Waals surface area contributed by atoms with Gasteiger partial charge in [-0.25, -0.2) is 5.43 Å². The first-order valence-electron chi connectivity index (χ1n) is 11.9. The minimum absolute atomic E-state index is 0.121. The van der Waals surface area contributed by atoms with Gasteiger partial charge in [-0.2, -0.15) is 5.10 Å². The van der Waals surface area contributed by atoms with Crippen molar-refractivity contribution in [2.24, 2.45) is 5.10 Å². The van der Waals surface area contributed by atoms with E-state index in [4.69, 9.17) is 21.1 Å². The molecule has 1 N–H and O–H groups in total. The van der Waals surface area contributed by atoms with Crippen molar-refractivity contribution in [3.8, 4) is 22.6 Å². The first kappa shape index (κ1) is 26.4. The van der Waals surface area contributed by atoms with Crippen molar-refractivity contribution >= 4 is 51.4 Å². The topological polar surface area (TPSA) is 59.9 Å². The Morgan fingerprint density at radius 1 is 1.03 bits per heavy atom. The van der Waals surface area contributed by atoms with Gasteiger partial charge in [0.2, 0.25) is 5.91 Å². The van der Waals surface area contributed by atoms with Gasteiger partial charge in [-0.1, -0.05) is 78.3 Å². The van der Waals surface area contributed by atoms with Crippen LogP contribution in [0.4, 0.5) is 0 Å². The van der Waals surface area contributed by atoms with Crippen LogP contribution in [0, 0.1) is 0 Å². The zero-order valence-electron chi connectivity index (χ0n) is 20.5. The molecule has 192 valence electrons. The molecule has 0 bridgehead atoms. The normalized spacial score (nSPS) is 12.3. The highest BCUT2D eigenvalue weighted by atomic mass is 79.9. The van der Waals surface area contributed by atoms with Crippen LogP contribution in [0.25, 0.3) is 11.1 Å². The van der Waals surface area contributed by atoms with Crippen LogP contribution in [0.5, 0.6) is 11.5 Å². The van der Waals surface area contributed by atoms with Gasteiger partial charge in [-0.3, -0.25) is 4.79 Å². The van der Waals surface area contributed by atoms with Crippen LogP contribution in [0.2, 0.25) is 5.02 Å². The van der Waals surface area contributed by atoms with Gasteiger partial charge in [-0.15, -0.1) is 11.8 Å². The van der Waals surface area contributed by atoms with Crippen molar-refractivity contribution < 1.29 is 14.3 Å². The highest BCUT2D eigenvalue weighted by molar-refractivity contribution is 9.10. The molecule has 4 aromatic carbocycles. The van der Waals surface area contributed by atoms with Crippen molar-refractivity contribution in [3.63, 3.8) is 0 Å². The number of hydrazone groups is 1. The quantitative estimate of drug-likeness (QED) is 0.157. The molecule has 0 unspecified atom stereocenters. The summed E-state index contributed by atoms with van der Waals surface area (Å²) >= 11 is 11.4. The molecule has 0 heterocycles. The van der Waals surface area contributed by atoms with Gasteiger partial charge in [0.15, 0.2) is 11.5 Å². The fraction of sp³-hybridized carbons (Fsp3) is 0.133. The smallest absolute Gasteiger partial charge is 0.250 e. The molecule has 0 radical (unpaired) electrons. The van der Waals surface area contributed by atoms with E-state index in [9.17, 15) is 4.79 Å². The first-order valence-corrected chi connectivity index (χ1v) is 14.1. The van der Waals surface area contributed by atoms with Crippen molar-refractivity contribution in [1.29, 1.82) is 0 Å². The Morgan fingerprint density at radius 2 is 1.68 bits per heavy atom. The molecule has 38 heavy (non-hydrogen) atoms. The maximum Gasteiger partial charge on any atom is 0.250 e. The standard InChI is InChI=1S/C30H24BrClN2O3S/c1-36-27-15-19(14-25(31)29(27)37-17-20-8-2-7-13-26(20)32)16-33-34-28(35)18-38-30-23-11-5-3-9-21(23)22-10-4-6-12-24(22)30/h2-16,30H,17-18H2,1H3,(H,34,35)/b33-16+. The first-order chi connectivity index (χ1) is 18.5. The number of carbonyl (C=O) groups excluding carboxylic acids is 1. The molecule has 8 heteroatoms. The summed E-state index contributed by atoms with van der Waals surface area (Å²) in [5.74, 6) is 1.21. The lowest BCUT2D eigenvalue weighted by atomic mass is 10.1. The number of amides is 1. The summed E-state index contributed by atoms with van der Waals surface area (Å²) in [5, 5.41) is 4.92. The van der Waals surface area contributed by atoms with Gasteiger partial charge in [0.1, 0.15) is 6.61 Å². The predicted octanol–water partition coefficient (Wildman–Crippen LogP) is 7.64. The molecule has 0 spiro atoms. The second-order valence-corrected chi connectivity index (χ2v) is 10.9. The summed E-state index contributed by atoms with van der Waals surface area (Å²) in [6.07, 6.45) is 1.58. The lowest BCUT2D eigenvalue weighted by Crippen LogP contribution is -2.20. The molecule has 0 fully saturated rings. The molecule has 1 amide bonds. The zero-order valence-corrected chi connectivity index (χ0v) is 23.6. The van der Waals surface area contributed by atoms with E-state index in [0.717, 1.165) is 11.1 Å². The molecule has 0 aliphatic heterocycles. The van der Waals surface area contributed by atoms with E-state index < -0.39 is 0 Å². The van der Waals surface area contributed by atoms with Crippen LogP contribution in [-0.2, 0) is 11.4 Å². The number of hydrogen-bond acceptors (Lipinski definition) is 5. The summed E-state index contributed by atoms with van der Waals surface area (Å²) in [4.78, 5) is 12.6. The third-order valence-electron chi connectivity index (χ3n) is 6.14. The van der Waals surface area contributed by atoms with Crippen molar-refractivity contribution in [2.75, 3.05) is 12.9 Å². The SMILES string of the molecule is COc1cc(/C=N/NC(=O)CSC2c3ccccc3-c3ccccc32)cc(Br)c1OCc1ccccc1Cl. The number of carbonyl (C=O) groups is 1. The largest absolute Gasteiger partial charge is 0.493 e. The minimum Gasteiger partial charge on any atom is -0.493 e. The van der Waals surface area contributed by atoms with Crippen LogP contribution in [0.15, 0.2) is 94.5 Å². The molecule has 0 saturated heterocycles. The Bertz CT molecular complexity index is 1470. The molecule has 0 aromatic heterocycles. The summed E-state index contributed by atoms with van der Waals surface area (Å²) < 4.78 is 12.2. The van der Waals surface area contributed by atoms with Gasteiger partial charge in [0, 0.05) is 10.6 Å². The molecule has 1 aliphatic rings. The van der Waals surface area contributed by atoms with E-state index in [1.165, 1.54) is 22.3 Å². The van der Waals surface area contributed by atoms with E-state index in [2.05, 4.69) is 62.9 Å². The van der Waals surface area contributed by atoms with Gasteiger partial charge < -0.3 is 9.47 Å². The molecular formula is C30H24BrClN2O3S. The van der Waals surface area contributed by atoms with E-state index in [1.54, 1.807) is 31.2 Å². The lowest BCUT2D eigenvalue weighted by Gasteiger charge is -2.14. The molecule has 0 atom stereocenters. The maximum atomic E-state index is 12.6. The molecule has 5 nitrogen and oxygen atoms in total. The van der Waals surface area contributed by atoms with Gasteiger partial charge in [-0.05, 0) is 61.9 Å². The molecule has 4 aromatic rings. The molecular weight excluding hydrogens is 584 g/mol. The Kier molecular flexibility index (Phi) is 8.37. The monoisotopic (exact) mass is 606 g/mol. The highest BCUT2D eigenvalue weighted by Gasteiger charge is 2.28. The average Bonchev–Trinajstić information content (AvgIpc) is 3.25. The lowest BCUT2D eigenvalue weighted by molar-refractivity contribution is -0.118. The van der Waals surface area contributed by atoms with E-state index in [0.29, 0.717) is 27.6 Å². The zero-order chi connectivity index (χ0) is 26.5. The van der Waals surface area contributed by atoms with Crippen LogP contribution < -0.4 is 14.9 Å².